The second-order valence-electron chi connectivity index (χ2n) is 7.45. The van der Waals surface area contributed by atoms with E-state index < -0.39 is 28.3 Å². The third-order valence-electron chi connectivity index (χ3n) is 5.79. The number of anilines is 2. The predicted molar refractivity (Wildman–Crippen MR) is 103 cm³/mol. The molecule has 0 saturated heterocycles. The molecule has 1 unspecified atom stereocenters. The molecule has 0 spiro atoms. The Morgan fingerprint density at radius 3 is 2.80 bits per heavy atom. The van der Waals surface area contributed by atoms with Crippen LogP contribution in [-0.4, -0.2) is 52.6 Å². The van der Waals surface area contributed by atoms with Crippen LogP contribution in [0.1, 0.15) is 12.8 Å². The van der Waals surface area contributed by atoms with Crippen LogP contribution in [-0.2, 0) is 0 Å². The number of aromatic nitrogens is 3. The molecule has 3 aromatic heterocycles. The van der Waals surface area contributed by atoms with E-state index in [2.05, 4.69) is 20.3 Å². The van der Waals surface area contributed by atoms with E-state index >= 15 is 0 Å². The Labute approximate surface area is 172 Å². The Bertz CT molecular complexity index is 1220. The van der Waals surface area contributed by atoms with Gasteiger partial charge in [0.25, 0.3) is 5.69 Å². The molecule has 0 radical (unpaired) electrons. The highest BCUT2D eigenvalue weighted by atomic mass is 35.5. The summed E-state index contributed by atoms with van der Waals surface area (Å²) in [4.78, 5) is 22.3. The summed E-state index contributed by atoms with van der Waals surface area (Å²) in [5.41, 5.74) is 2.10. The zero-order valence-electron chi connectivity index (χ0n) is 15.1. The Balaban J connectivity index is 1.61. The standard InChI is InChI=1S/C17H15ClN6O6/c18-12-10(9-4-6-3-7(24(28)29)5-20-14(6)30-9)13(22-15(19)21-12)23-16(26)2-1-8-11(25)17(8,16)27/h3-5,8,11,25-27H,1-2H2,(H3,19,21,22,23)/t8-,11?,16-,17+/m1/s1. The van der Waals surface area contributed by atoms with Crippen molar-refractivity contribution >= 4 is 40.2 Å². The number of fused-ring (bicyclic) bond motifs is 2. The Hall–Kier alpha value is -3.06. The lowest BCUT2D eigenvalue weighted by molar-refractivity contribution is -0.385. The van der Waals surface area contributed by atoms with Gasteiger partial charge in [-0.1, -0.05) is 11.6 Å². The van der Waals surface area contributed by atoms with Gasteiger partial charge in [0.1, 0.15) is 28.5 Å². The van der Waals surface area contributed by atoms with E-state index in [0.717, 1.165) is 6.20 Å². The van der Waals surface area contributed by atoms with E-state index in [9.17, 15) is 25.4 Å². The molecule has 3 aromatic rings. The number of aliphatic hydroxyl groups excluding tert-OH is 1. The van der Waals surface area contributed by atoms with Crippen LogP contribution in [0.5, 0.6) is 0 Å². The van der Waals surface area contributed by atoms with Gasteiger partial charge >= 0.3 is 0 Å². The van der Waals surface area contributed by atoms with E-state index in [1.165, 1.54) is 12.1 Å². The van der Waals surface area contributed by atoms with Crippen molar-refractivity contribution < 1.29 is 24.7 Å². The maximum Gasteiger partial charge on any atom is 0.288 e. The zero-order valence-corrected chi connectivity index (χ0v) is 15.9. The third-order valence-corrected chi connectivity index (χ3v) is 6.06. The topological polar surface area (TPSA) is 194 Å². The highest BCUT2D eigenvalue weighted by Gasteiger charge is 2.78. The molecule has 0 amide bonds. The van der Waals surface area contributed by atoms with Gasteiger partial charge in [0, 0.05) is 17.4 Å². The molecule has 2 fully saturated rings. The fourth-order valence-electron chi connectivity index (χ4n) is 4.18. The van der Waals surface area contributed by atoms with Crippen LogP contribution in [0.15, 0.2) is 22.7 Å². The van der Waals surface area contributed by atoms with Crippen molar-refractivity contribution in [2.75, 3.05) is 11.1 Å². The van der Waals surface area contributed by atoms with Gasteiger partial charge in [0.05, 0.1) is 16.6 Å². The van der Waals surface area contributed by atoms with Crippen molar-refractivity contribution in [2.24, 2.45) is 5.92 Å². The van der Waals surface area contributed by atoms with Crippen molar-refractivity contribution in [3.63, 3.8) is 0 Å². The van der Waals surface area contributed by atoms with E-state index in [4.69, 9.17) is 21.8 Å². The molecule has 5 rings (SSSR count). The summed E-state index contributed by atoms with van der Waals surface area (Å²) in [6, 6.07) is 2.75. The van der Waals surface area contributed by atoms with Crippen LogP contribution in [0.3, 0.4) is 0 Å². The van der Waals surface area contributed by atoms with E-state index in [1.807, 2.05) is 0 Å². The number of nitrogens with one attached hydrogen (secondary N) is 1. The van der Waals surface area contributed by atoms with E-state index in [0.29, 0.717) is 11.8 Å². The molecule has 2 aliphatic rings. The van der Waals surface area contributed by atoms with E-state index in [-0.39, 0.29) is 46.1 Å². The number of hydrogen-bond acceptors (Lipinski definition) is 11. The highest BCUT2D eigenvalue weighted by molar-refractivity contribution is 6.32. The normalized spacial score (nSPS) is 29.7. The first-order valence-electron chi connectivity index (χ1n) is 8.92. The van der Waals surface area contributed by atoms with Gasteiger partial charge in [0.2, 0.25) is 11.7 Å². The number of hydrogen-bond donors (Lipinski definition) is 5. The van der Waals surface area contributed by atoms with Gasteiger partial charge in [-0.2, -0.15) is 4.98 Å². The molecule has 4 atom stereocenters. The third kappa shape index (κ3) is 2.48. The first-order valence-corrected chi connectivity index (χ1v) is 9.30. The molecule has 0 aromatic carbocycles. The molecular weight excluding hydrogens is 420 g/mol. The van der Waals surface area contributed by atoms with Crippen molar-refractivity contribution in [3.8, 4) is 11.3 Å². The minimum Gasteiger partial charge on any atom is -0.437 e. The molecule has 6 N–H and O–H groups in total. The van der Waals surface area contributed by atoms with Gasteiger partial charge in [0.15, 0.2) is 5.72 Å². The minimum absolute atomic E-state index is 0.0308. The van der Waals surface area contributed by atoms with Crippen LogP contribution in [0.4, 0.5) is 17.5 Å². The number of nitro groups is 1. The molecule has 0 bridgehead atoms. The summed E-state index contributed by atoms with van der Waals surface area (Å²) in [5, 5.41) is 45.6. The van der Waals surface area contributed by atoms with Crippen molar-refractivity contribution in [1.29, 1.82) is 0 Å². The number of pyridine rings is 1. The molecule has 12 nitrogen and oxygen atoms in total. The average Bonchev–Trinajstić information content (AvgIpc) is 2.95. The van der Waals surface area contributed by atoms with Crippen LogP contribution < -0.4 is 11.1 Å². The molecule has 30 heavy (non-hydrogen) atoms. The Kier molecular flexibility index (Phi) is 3.78. The summed E-state index contributed by atoms with van der Waals surface area (Å²) < 4.78 is 5.66. The summed E-state index contributed by atoms with van der Waals surface area (Å²) >= 11 is 6.27. The molecular formula is C17H15ClN6O6. The summed E-state index contributed by atoms with van der Waals surface area (Å²) in [7, 11) is 0. The van der Waals surface area contributed by atoms with Crippen LogP contribution in [0.25, 0.3) is 22.4 Å². The predicted octanol–water partition coefficient (Wildman–Crippen LogP) is 1.04. The fraction of sp³-hybridized carbons (Fsp3) is 0.353. The molecule has 3 heterocycles. The van der Waals surface area contributed by atoms with E-state index in [1.54, 1.807) is 0 Å². The number of nitrogen functional groups attached to an aromatic ring is 1. The number of halogens is 1. The SMILES string of the molecule is Nc1nc(Cl)c(-c2cc3cc([N+](=O)[O-])cnc3o2)c(N[C@@]2(O)CC[C@@H]3C(O)[C@@]32O)n1. The van der Waals surface area contributed by atoms with Crippen molar-refractivity contribution in [3.05, 3.63) is 33.6 Å². The molecule has 2 aliphatic carbocycles. The monoisotopic (exact) mass is 434 g/mol. The largest absolute Gasteiger partial charge is 0.437 e. The lowest BCUT2D eigenvalue weighted by Gasteiger charge is -2.32. The van der Waals surface area contributed by atoms with Crippen LogP contribution in [0, 0.1) is 16.0 Å². The zero-order chi connectivity index (χ0) is 21.4. The second kappa shape index (κ2) is 5.98. The van der Waals surface area contributed by atoms with Crippen LogP contribution in [0.2, 0.25) is 5.15 Å². The number of aliphatic hydroxyl groups is 3. The summed E-state index contributed by atoms with van der Waals surface area (Å²) in [5.74, 6) is -0.564. The lowest BCUT2D eigenvalue weighted by atomic mass is 10.0. The second-order valence-corrected chi connectivity index (χ2v) is 7.81. The number of nitrogens with two attached hydrogens (primary N) is 1. The molecule has 2 saturated carbocycles. The molecule has 13 heteroatoms. The Morgan fingerprint density at radius 1 is 1.37 bits per heavy atom. The first kappa shape index (κ1) is 18.9. The quantitative estimate of drug-likeness (QED) is 0.170. The number of furan rings is 1. The minimum atomic E-state index is -1.88. The maximum absolute atomic E-state index is 11.0. The number of rotatable bonds is 4. The van der Waals surface area contributed by atoms with Gasteiger partial charge in [-0.15, -0.1) is 0 Å². The van der Waals surface area contributed by atoms with Gasteiger partial charge in [-0.3, -0.25) is 10.1 Å². The van der Waals surface area contributed by atoms with Gasteiger partial charge in [-0.05, 0) is 18.9 Å². The van der Waals surface area contributed by atoms with Crippen molar-refractivity contribution in [1.82, 2.24) is 15.0 Å². The summed E-state index contributed by atoms with van der Waals surface area (Å²) in [6.45, 7) is 0. The smallest absolute Gasteiger partial charge is 0.288 e. The van der Waals surface area contributed by atoms with Crippen molar-refractivity contribution in [2.45, 2.75) is 30.3 Å². The Morgan fingerprint density at radius 2 is 2.13 bits per heavy atom. The van der Waals surface area contributed by atoms with Gasteiger partial charge < -0.3 is 30.8 Å². The van der Waals surface area contributed by atoms with Gasteiger partial charge in [-0.25, -0.2) is 9.97 Å². The maximum atomic E-state index is 11.0. The summed E-state index contributed by atoms with van der Waals surface area (Å²) in [6.07, 6.45) is 0.544. The molecule has 156 valence electrons. The fourth-order valence-corrected chi connectivity index (χ4v) is 4.45. The van der Waals surface area contributed by atoms with Crippen LogP contribution >= 0.6 is 11.6 Å². The highest BCUT2D eigenvalue weighted by Crippen LogP contribution is 2.61. The lowest BCUT2D eigenvalue weighted by Crippen LogP contribution is -2.51. The first-order chi connectivity index (χ1) is 14.1. The molecule has 0 aliphatic heterocycles. The average molecular weight is 435 g/mol. The number of nitrogens with zero attached hydrogens (tertiary/aromatic N) is 4.